The number of pyridine rings is 1. The molecule has 0 amide bonds. The summed E-state index contributed by atoms with van der Waals surface area (Å²) in [5.74, 6) is 1.74. The molecule has 0 radical (unpaired) electrons. The minimum atomic E-state index is -0.761. The molecule has 4 aromatic heterocycles. The van der Waals surface area contributed by atoms with E-state index in [1.54, 1.807) is 12.3 Å². The van der Waals surface area contributed by atoms with E-state index in [0.29, 0.717) is 24.0 Å². The topological polar surface area (TPSA) is 98.4 Å². The van der Waals surface area contributed by atoms with Gasteiger partial charge in [0.1, 0.15) is 12.0 Å². The van der Waals surface area contributed by atoms with Crippen LogP contribution >= 0.6 is 0 Å². The minimum absolute atomic E-state index is 0.0158. The smallest absolute Gasteiger partial charge is 0.227 e. The summed E-state index contributed by atoms with van der Waals surface area (Å²) in [6.07, 6.45) is 3.38. The maximum atomic E-state index is 13.2. The molecule has 0 aromatic carbocycles. The van der Waals surface area contributed by atoms with Crippen LogP contribution in [0, 0.1) is 0 Å². The Hall–Kier alpha value is -3.49. The Morgan fingerprint density at radius 1 is 1.21 bits per heavy atom. The summed E-state index contributed by atoms with van der Waals surface area (Å²) in [4.78, 5) is 18.8. The predicted molar refractivity (Wildman–Crippen MR) is 109 cm³/mol. The van der Waals surface area contributed by atoms with Crippen LogP contribution in [-0.2, 0) is 0 Å². The van der Waals surface area contributed by atoms with E-state index in [-0.39, 0.29) is 12.0 Å². The van der Waals surface area contributed by atoms with Gasteiger partial charge in [-0.15, -0.1) is 0 Å². The lowest BCUT2D eigenvalue weighted by Gasteiger charge is -2.24. The van der Waals surface area contributed by atoms with Gasteiger partial charge in [-0.05, 0) is 37.6 Å². The van der Waals surface area contributed by atoms with Crippen LogP contribution in [0.15, 0.2) is 42.7 Å². The summed E-state index contributed by atoms with van der Waals surface area (Å²) >= 11 is 0. The molecule has 3 N–H and O–H groups in total. The maximum absolute atomic E-state index is 13.2. The van der Waals surface area contributed by atoms with Crippen molar-refractivity contribution in [2.24, 2.45) is 0 Å². The number of nitrogens with zero attached hydrogens (tertiary/aromatic N) is 5. The number of hydrogen-bond acceptors (Lipinski definition) is 6. The molecule has 3 atom stereocenters. The Labute approximate surface area is 166 Å². The monoisotopic (exact) mass is 392 g/mol. The van der Waals surface area contributed by atoms with E-state index in [1.807, 2.05) is 42.4 Å². The van der Waals surface area contributed by atoms with Crippen LogP contribution in [0.5, 0.6) is 0 Å². The highest BCUT2D eigenvalue weighted by Crippen LogP contribution is 2.43. The number of rotatable bonds is 6. The Balaban J connectivity index is 1.33. The lowest BCUT2D eigenvalue weighted by Crippen LogP contribution is -2.24. The van der Waals surface area contributed by atoms with Crippen LogP contribution < -0.4 is 10.2 Å². The molecule has 4 heterocycles. The third kappa shape index (κ3) is 3.39. The molecule has 8 nitrogen and oxygen atoms in total. The number of hydrogen-bond donors (Lipinski definition) is 3. The van der Waals surface area contributed by atoms with Crippen LogP contribution in [0.25, 0.3) is 11.0 Å². The molecule has 1 aliphatic rings. The van der Waals surface area contributed by atoms with Gasteiger partial charge in [0.2, 0.25) is 5.95 Å². The number of aromatic amines is 2. The molecule has 1 saturated carbocycles. The van der Waals surface area contributed by atoms with Crippen molar-refractivity contribution in [1.29, 1.82) is 0 Å². The van der Waals surface area contributed by atoms with Crippen molar-refractivity contribution in [3.05, 3.63) is 54.1 Å². The van der Waals surface area contributed by atoms with Gasteiger partial charge in [-0.3, -0.25) is 5.10 Å². The number of H-pyrrole nitrogens is 2. The van der Waals surface area contributed by atoms with E-state index in [0.717, 1.165) is 22.4 Å². The summed E-state index contributed by atoms with van der Waals surface area (Å²) in [6, 6.07) is 9.57. The zero-order chi connectivity index (χ0) is 20.0. The van der Waals surface area contributed by atoms with E-state index in [1.165, 1.54) is 0 Å². The van der Waals surface area contributed by atoms with Gasteiger partial charge in [-0.2, -0.15) is 10.1 Å². The number of alkyl halides is 1. The highest BCUT2D eigenvalue weighted by molar-refractivity contribution is 5.74. The first-order valence-corrected chi connectivity index (χ1v) is 9.55. The van der Waals surface area contributed by atoms with Crippen molar-refractivity contribution >= 4 is 28.6 Å². The molecule has 1 aliphatic carbocycles. The van der Waals surface area contributed by atoms with Gasteiger partial charge in [-0.1, -0.05) is 0 Å². The van der Waals surface area contributed by atoms with Gasteiger partial charge in [0.25, 0.3) is 0 Å². The first kappa shape index (κ1) is 17.6. The number of aromatic nitrogens is 6. The maximum Gasteiger partial charge on any atom is 0.227 e. The molecule has 5 rings (SSSR count). The van der Waals surface area contributed by atoms with Gasteiger partial charge >= 0.3 is 0 Å². The third-order valence-corrected chi connectivity index (χ3v) is 5.36. The molecule has 0 spiro atoms. The van der Waals surface area contributed by atoms with Crippen LogP contribution in [0.4, 0.5) is 22.0 Å². The second-order valence-electron chi connectivity index (χ2n) is 7.37. The van der Waals surface area contributed by atoms with Crippen molar-refractivity contribution in [2.45, 2.75) is 31.5 Å². The Bertz CT molecular complexity index is 1150. The molecule has 1 fully saturated rings. The molecule has 0 bridgehead atoms. The predicted octanol–water partition coefficient (Wildman–Crippen LogP) is 3.84. The lowest BCUT2D eigenvalue weighted by atomic mass is 10.2. The third-order valence-electron chi connectivity index (χ3n) is 5.36. The summed E-state index contributed by atoms with van der Waals surface area (Å²) in [6.45, 7) is 2.06. The fraction of sp³-hybridized carbons (Fsp3) is 0.300. The second-order valence-corrected chi connectivity index (χ2v) is 7.37. The van der Waals surface area contributed by atoms with Gasteiger partial charge in [0.05, 0.1) is 22.8 Å². The molecule has 4 aromatic rings. The standard InChI is InChI=1S/C20H21FN8/c1-11(14-3-4-15-16(24-14)5-7-22-15)29(2)20-23-8-6-18(26-20)25-19-10-17(27-28-19)12-9-13(12)21/h3-8,10-13,22H,9H2,1-2H3,(H2,23,25,26,27,28)/t11-,12+,13-/m0/s1. The molecular weight excluding hydrogens is 371 g/mol. The first-order valence-electron chi connectivity index (χ1n) is 9.55. The number of fused-ring (bicyclic) bond motifs is 1. The van der Waals surface area contributed by atoms with Gasteiger partial charge < -0.3 is 15.2 Å². The zero-order valence-corrected chi connectivity index (χ0v) is 16.1. The molecule has 29 heavy (non-hydrogen) atoms. The quantitative estimate of drug-likeness (QED) is 0.461. The Morgan fingerprint density at radius 2 is 2.07 bits per heavy atom. The molecule has 148 valence electrons. The number of nitrogens with one attached hydrogen (secondary N) is 3. The summed E-state index contributed by atoms with van der Waals surface area (Å²) in [7, 11) is 1.94. The molecule has 9 heteroatoms. The second kappa shape index (κ2) is 6.84. The van der Waals surface area contributed by atoms with Crippen molar-refractivity contribution in [3.63, 3.8) is 0 Å². The average molecular weight is 392 g/mol. The van der Waals surface area contributed by atoms with Crippen molar-refractivity contribution in [2.75, 3.05) is 17.3 Å². The Kier molecular flexibility index (Phi) is 4.15. The largest absolute Gasteiger partial charge is 0.360 e. The highest BCUT2D eigenvalue weighted by atomic mass is 19.1. The van der Waals surface area contributed by atoms with Crippen molar-refractivity contribution < 1.29 is 4.39 Å². The molecular formula is C20H21FN8. The summed E-state index contributed by atoms with van der Waals surface area (Å²) in [5, 5.41) is 10.2. The van der Waals surface area contributed by atoms with Gasteiger partial charge in [0.15, 0.2) is 5.82 Å². The van der Waals surface area contributed by atoms with E-state index >= 15 is 0 Å². The molecule has 0 unspecified atom stereocenters. The SMILES string of the molecule is C[C@@H](c1ccc2[nH]ccc2n1)N(C)c1nccc(Nc2cc([C@@H]3C[C@@H]3F)[nH]n2)n1. The van der Waals surface area contributed by atoms with Crippen molar-refractivity contribution in [1.82, 2.24) is 30.1 Å². The van der Waals surface area contributed by atoms with Gasteiger partial charge in [-0.25, -0.2) is 14.4 Å². The number of halogens is 1. The summed E-state index contributed by atoms with van der Waals surface area (Å²) < 4.78 is 13.2. The number of anilines is 3. The van der Waals surface area contributed by atoms with Crippen LogP contribution in [0.3, 0.4) is 0 Å². The summed E-state index contributed by atoms with van der Waals surface area (Å²) in [5.41, 5.74) is 3.68. The zero-order valence-electron chi connectivity index (χ0n) is 16.1. The van der Waals surface area contributed by atoms with Crippen LogP contribution in [-0.4, -0.2) is 43.4 Å². The van der Waals surface area contributed by atoms with Gasteiger partial charge in [0, 0.05) is 37.1 Å². The van der Waals surface area contributed by atoms with E-state index in [4.69, 9.17) is 4.98 Å². The fourth-order valence-electron chi connectivity index (χ4n) is 3.35. The molecule has 0 saturated heterocycles. The van der Waals surface area contributed by atoms with Crippen LogP contribution in [0.1, 0.15) is 36.7 Å². The Morgan fingerprint density at radius 3 is 2.90 bits per heavy atom. The van der Waals surface area contributed by atoms with Crippen molar-refractivity contribution in [3.8, 4) is 0 Å². The highest BCUT2D eigenvalue weighted by Gasteiger charge is 2.40. The fourth-order valence-corrected chi connectivity index (χ4v) is 3.35. The minimum Gasteiger partial charge on any atom is -0.360 e. The normalized spacial score (nSPS) is 19.3. The average Bonchev–Trinajstić information content (AvgIpc) is 3.11. The van der Waals surface area contributed by atoms with E-state index in [2.05, 4.69) is 37.4 Å². The van der Waals surface area contributed by atoms with E-state index in [9.17, 15) is 4.39 Å². The molecule has 0 aliphatic heterocycles. The van der Waals surface area contributed by atoms with Crippen LogP contribution in [0.2, 0.25) is 0 Å². The van der Waals surface area contributed by atoms with E-state index < -0.39 is 6.17 Å². The first-order chi connectivity index (χ1) is 14.1. The lowest BCUT2D eigenvalue weighted by molar-refractivity contribution is 0.466.